The van der Waals surface area contributed by atoms with Crippen molar-refractivity contribution in [2.45, 2.75) is 12.8 Å². The molecular formula is C11H20N2OS. The van der Waals surface area contributed by atoms with Crippen molar-refractivity contribution in [3.8, 4) is 12.3 Å². The molecule has 15 heavy (non-hydrogen) atoms. The molecule has 0 aromatic carbocycles. The fourth-order valence-corrected chi connectivity index (χ4v) is 1.54. The van der Waals surface area contributed by atoms with E-state index < -0.39 is 0 Å². The van der Waals surface area contributed by atoms with Crippen molar-refractivity contribution < 1.29 is 4.79 Å². The third-order valence-electron chi connectivity index (χ3n) is 1.85. The standard InChI is InChI=1S/C11H20N2OS/c1-4-9-15-10-8-12-7-5-6-11(14)13(2)3/h1,12H,5-10H2,2-3H3. The minimum atomic E-state index is 0.193. The van der Waals surface area contributed by atoms with Crippen molar-refractivity contribution in [1.82, 2.24) is 10.2 Å². The van der Waals surface area contributed by atoms with Gasteiger partial charge in [-0.2, -0.15) is 0 Å². The molecule has 3 nitrogen and oxygen atoms in total. The van der Waals surface area contributed by atoms with Gasteiger partial charge in [-0.05, 0) is 13.0 Å². The van der Waals surface area contributed by atoms with E-state index in [0.29, 0.717) is 6.42 Å². The van der Waals surface area contributed by atoms with Crippen molar-refractivity contribution >= 4 is 17.7 Å². The molecule has 0 unspecified atom stereocenters. The number of nitrogens with zero attached hydrogens (tertiary/aromatic N) is 1. The average molecular weight is 228 g/mol. The van der Waals surface area contributed by atoms with Gasteiger partial charge in [-0.15, -0.1) is 18.2 Å². The molecule has 1 amide bonds. The third-order valence-corrected chi connectivity index (χ3v) is 2.72. The molecule has 0 heterocycles. The molecule has 0 aliphatic rings. The lowest BCUT2D eigenvalue weighted by molar-refractivity contribution is -0.128. The van der Waals surface area contributed by atoms with Gasteiger partial charge in [-0.25, -0.2) is 0 Å². The molecule has 0 spiro atoms. The molecular weight excluding hydrogens is 208 g/mol. The van der Waals surface area contributed by atoms with Crippen molar-refractivity contribution in [2.75, 3.05) is 38.7 Å². The maximum atomic E-state index is 11.2. The van der Waals surface area contributed by atoms with E-state index in [1.165, 1.54) is 0 Å². The van der Waals surface area contributed by atoms with Crippen LogP contribution in [0.1, 0.15) is 12.8 Å². The molecule has 1 N–H and O–H groups in total. The van der Waals surface area contributed by atoms with E-state index in [0.717, 1.165) is 31.0 Å². The Balaban J connectivity index is 3.12. The highest BCUT2D eigenvalue weighted by atomic mass is 32.2. The summed E-state index contributed by atoms with van der Waals surface area (Å²) in [5, 5.41) is 3.28. The second-order valence-electron chi connectivity index (χ2n) is 3.40. The Morgan fingerprint density at radius 2 is 2.20 bits per heavy atom. The number of nitrogens with one attached hydrogen (secondary N) is 1. The third kappa shape index (κ3) is 9.64. The molecule has 0 saturated heterocycles. The van der Waals surface area contributed by atoms with Crippen LogP contribution in [-0.2, 0) is 4.79 Å². The maximum Gasteiger partial charge on any atom is 0.222 e. The Labute approximate surface area is 97.0 Å². The van der Waals surface area contributed by atoms with Gasteiger partial charge < -0.3 is 10.2 Å². The van der Waals surface area contributed by atoms with E-state index >= 15 is 0 Å². The van der Waals surface area contributed by atoms with Gasteiger partial charge in [0.25, 0.3) is 0 Å². The lowest BCUT2D eigenvalue weighted by Gasteiger charge is -2.09. The van der Waals surface area contributed by atoms with Crippen LogP contribution in [0.15, 0.2) is 0 Å². The number of thioether (sulfide) groups is 1. The minimum absolute atomic E-state index is 0.193. The lowest BCUT2D eigenvalue weighted by Crippen LogP contribution is -2.24. The molecule has 0 fully saturated rings. The second-order valence-corrected chi connectivity index (χ2v) is 4.50. The molecule has 86 valence electrons. The van der Waals surface area contributed by atoms with E-state index in [4.69, 9.17) is 6.42 Å². The monoisotopic (exact) mass is 228 g/mol. The van der Waals surface area contributed by atoms with Crippen LogP contribution >= 0.6 is 11.8 Å². The average Bonchev–Trinajstić information content (AvgIpc) is 2.21. The highest BCUT2D eigenvalue weighted by Gasteiger charge is 2.01. The quantitative estimate of drug-likeness (QED) is 0.493. The van der Waals surface area contributed by atoms with Gasteiger partial charge in [-0.1, -0.05) is 5.92 Å². The first kappa shape index (κ1) is 14.3. The zero-order chi connectivity index (χ0) is 11.5. The predicted octanol–water partition coefficient (Wildman–Crippen LogP) is 0.811. The summed E-state index contributed by atoms with van der Waals surface area (Å²) in [4.78, 5) is 12.8. The topological polar surface area (TPSA) is 32.3 Å². The van der Waals surface area contributed by atoms with E-state index in [2.05, 4.69) is 11.2 Å². The van der Waals surface area contributed by atoms with Crippen LogP contribution in [0.5, 0.6) is 0 Å². The van der Waals surface area contributed by atoms with Crippen molar-refractivity contribution in [3.05, 3.63) is 0 Å². The molecule has 0 aromatic rings. The minimum Gasteiger partial charge on any atom is -0.349 e. The van der Waals surface area contributed by atoms with Crippen molar-refractivity contribution in [3.63, 3.8) is 0 Å². The van der Waals surface area contributed by atoms with Crippen molar-refractivity contribution in [2.24, 2.45) is 0 Å². The van der Waals surface area contributed by atoms with Gasteiger partial charge in [-0.3, -0.25) is 4.79 Å². The van der Waals surface area contributed by atoms with Crippen LogP contribution in [-0.4, -0.2) is 49.5 Å². The lowest BCUT2D eigenvalue weighted by atomic mass is 10.3. The van der Waals surface area contributed by atoms with E-state index in [9.17, 15) is 4.79 Å². The molecule has 0 saturated carbocycles. The van der Waals surface area contributed by atoms with Crippen molar-refractivity contribution in [1.29, 1.82) is 0 Å². The summed E-state index contributed by atoms with van der Waals surface area (Å²) in [5.74, 6) is 4.59. The van der Waals surface area contributed by atoms with Gasteiger partial charge in [0.2, 0.25) is 5.91 Å². The first-order valence-electron chi connectivity index (χ1n) is 5.10. The smallest absolute Gasteiger partial charge is 0.222 e. The summed E-state index contributed by atoms with van der Waals surface area (Å²) in [7, 11) is 3.57. The molecule has 0 atom stereocenters. The normalized spacial score (nSPS) is 9.67. The fraction of sp³-hybridized carbons (Fsp3) is 0.727. The second kappa shape index (κ2) is 9.88. The predicted molar refractivity (Wildman–Crippen MR) is 67.0 cm³/mol. The van der Waals surface area contributed by atoms with Crippen LogP contribution in [0.4, 0.5) is 0 Å². The van der Waals surface area contributed by atoms with Crippen LogP contribution < -0.4 is 5.32 Å². The summed E-state index contributed by atoms with van der Waals surface area (Å²) in [5.41, 5.74) is 0. The number of hydrogen-bond acceptors (Lipinski definition) is 3. The molecule has 0 aromatic heterocycles. The first-order chi connectivity index (χ1) is 7.18. The van der Waals surface area contributed by atoms with E-state index in [1.807, 2.05) is 0 Å². The number of rotatable bonds is 8. The zero-order valence-electron chi connectivity index (χ0n) is 9.58. The van der Waals surface area contributed by atoms with Gasteiger partial charge in [0.15, 0.2) is 0 Å². The van der Waals surface area contributed by atoms with Crippen LogP contribution in [0, 0.1) is 12.3 Å². The largest absolute Gasteiger partial charge is 0.349 e. The Morgan fingerprint density at radius 1 is 1.47 bits per heavy atom. The molecule has 0 radical (unpaired) electrons. The highest BCUT2D eigenvalue weighted by Crippen LogP contribution is 1.96. The van der Waals surface area contributed by atoms with Crippen LogP contribution in [0.3, 0.4) is 0 Å². The molecule has 0 aliphatic heterocycles. The van der Waals surface area contributed by atoms with Gasteiger partial charge in [0, 0.05) is 32.8 Å². The van der Waals surface area contributed by atoms with Crippen LogP contribution in [0.25, 0.3) is 0 Å². The van der Waals surface area contributed by atoms with E-state index in [1.54, 1.807) is 30.8 Å². The zero-order valence-corrected chi connectivity index (χ0v) is 10.4. The molecule has 4 heteroatoms. The Morgan fingerprint density at radius 3 is 2.80 bits per heavy atom. The SMILES string of the molecule is C#CCSCCNCCCC(=O)N(C)C. The first-order valence-corrected chi connectivity index (χ1v) is 6.26. The van der Waals surface area contributed by atoms with Crippen LogP contribution in [0.2, 0.25) is 0 Å². The van der Waals surface area contributed by atoms with Gasteiger partial charge in [0.05, 0.1) is 5.75 Å². The summed E-state index contributed by atoms with van der Waals surface area (Å²) < 4.78 is 0. The number of carbonyl (C=O) groups is 1. The Bertz CT molecular complexity index is 211. The van der Waals surface area contributed by atoms with Gasteiger partial charge in [0.1, 0.15) is 0 Å². The molecule has 0 aliphatic carbocycles. The maximum absolute atomic E-state index is 11.2. The molecule has 0 bridgehead atoms. The Hall–Kier alpha value is -0.660. The number of carbonyl (C=O) groups excluding carboxylic acids is 1. The highest BCUT2D eigenvalue weighted by molar-refractivity contribution is 7.99. The van der Waals surface area contributed by atoms with E-state index in [-0.39, 0.29) is 5.91 Å². The van der Waals surface area contributed by atoms with Gasteiger partial charge >= 0.3 is 0 Å². The summed E-state index contributed by atoms with van der Waals surface area (Å²) in [6.07, 6.45) is 6.64. The fourth-order valence-electron chi connectivity index (χ4n) is 0.989. The number of hydrogen-bond donors (Lipinski definition) is 1. The Kier molecular flexibility index (Phi) is 9.44. The summed E-state index contributed by atoms with van der Waals surface area (Å²) in [6.45, 7) is 1.86. The number of amides is 1. The number of terminal acetylenes is 1. The summed E-state index contributed by atoms with van der Waals surface area (Å²) in [6, 6.07) is 0. The molecule has 0 rings (SSSR count). The summed E-state index contributed by atoms with van der Waals surface area (Å²) >= 11 is 1.75.